The van der Waals surface area contributed by atoms with Gasteiger partial charge in [-0.25, -0.2) is 0 Å². The number of rotatable bonds is 5. The molecule has 5 heteroatoms. The monoisotopic (exact) mass is 340 g/mol. The van der Waals surface area contributed by atoms with Crippen LogP contribution in [-0.4, -0.2) is 28.3 Å². The van der Waals surface area contributed by atoms with Crippen molar-refractivity contribution in [3.05, 3.63) is 60.3 Å². The first kappa shape index (κ1) is 16.5. The zero-order valence-electron chi connectivity index (χ0n) is 13.8. The van der Waals surface area contributed by atoms with Crippen LogP contribution in [0, 0.1) is 4.78 Å². The van der Waals surface area contributed by atoms with Gasteiger partial charge in [0, 0.05) is 39.4 Å². The van der Waals surface area contributed by atoms with Crippen molar-refractivity contribution < 1.29 is 8.95 Å². The smallest absolute Gasteiger partial charge is 0.121 e. The van der Waals surface area contributed by atoms with Crippen LogP contribution in [0.15, 0.2) is 54.7 Å². The molecule has 0 fully saturated rings. The van der Waals surface area contributed by atoms with Crippen molar-refractivity contribution >= 4 is 20.6 Å². The normalized spacial score (nSPS) is 13.6. The Hall–Kier alpha value is -2.40. The molecule has 0 spiro atoms. The Balaban J connectivity index is 1.93. The summed E-state index contributed by atoms with van der Waals surface area (Å²) in [6.07, 6.45) is 3.95. The van der Waals surface area contributed by atoms with Crippen molar-refractivity contribution in [2.24, 2.45) is 0 Å². The van der Waals surface area contributed by atoms with Crippen LogP contribution in [0.3, 0.4) is 0 Å². The summed E-state index contributed by atoms with van der Waals surface area (Å²) >= 11 is 0. The van der Waals surface area contributed by atoms with Crippen LogP contribution >= 0.6 is 0 Å². The van der Waals surface area contributed by atoms with Gasteiger partial charge >= 0.3 is 0 Å². The summed E-state index contributed by atoms with van der Waals surface area (Å²) in [7, 11) is -0.792. The molecule has 0 aliphatic rings. The van der Waals surface area contributed by atoms with E-state index in [1.54, 1.807) is 13.3 Å². The summed E-state index contributed by atoms with van der Waals surface area (Å²) < 4.78 is 24.2. The Morgan fingerprint density at radius 3 is 2.54 bits per heavy atom. The lowest BCUT2D eigenvalue weighted by atomic mass is 9.99. The number of benzene rings is 2. The van der Waals surface area contributed by atoms with Crippen LogP contribution in [0.4, 0.5) is 0 Å². The SMILES string of the molecule is COc1ccc2c(-c3ccc(CCS(C)(=N)=O)cc3)ccnc2c1. The van der Waals surface area contributed by atoms with Gasteiger partial charge in [0.15, 0.2) is 0 Å². The van der Waals surface area contributed by atoms with Crippen LogP contribution < -0.4 is 4.74 Å². The lowest BCUT2D eigenvalue weighted by Gasteiger charge is -2.09. The zero-order valence-corrected chi connectivity index (χ0v) is 14.6. The average molecular weight is 340 g/mol. The van der Waals surface area contributed by atoms with Crippen molar-refractivity contribution in [2.45, 2.75) is 6.42 Å². The van der Waals surface area contributed by atoms with E-state index in [0.29, 0.717) is 12.2 Å². The molecule has 1 N–H and O–H groups in total. The van der Waals surface area contributed by atoms with E-state index in [0.717, 1.165) is 33.3 Å². The predicted octanol–water partition coefficient (Wildman–Crippen LogP) is 4.13. The first-order chi connectivity index (χ1) is 11.5. The maximum atomic E-state index is 11.5. The van der Waals surface area contributed by atoms with Crippen molar-refractivity contribution in [1.82, 2.24) is 4.98 Å². The third-order valence-electron chi connectivity index (χ3n) is 4.00. The Kier molecular flexibility index (Phi) is 4.53. The molecular weight excluding hydrogens is 320 g/mol. The largest absolute Gasteiger partial charge is 0.497 e. The van der Waals surface area contributed by atoms with Crippen molar-refractivity contribution in [3.8, 4) is 16.9 Å². The second-order valence-corrected chi connectivity index (χ2v) is 8.32. The molecule has 0 radical (unpaired) electrons. The van der Waals surface area contributed by atoms with Crippen molar-refractivity contribution in [1.29, 1.82) is 4.78 Å². The number of hydrogen-bond donors (Lipinski definition) is 1. The van der Waals surface area contributed by atoms with E-state index in [-0.39, 0.29) is 0 Å². The highest BCUT2D eigenvalue weighted by Crippen LogP contribution is 2.29. The molecule has 3 aromatic rings. The number of aryl methyl sites for hydroxylation is 1. The first-order valence-electron chi connectivity index (χ1n) is 7.70. The van der Waals surface area contributed by atoms with Gasteiger partial charge in [0.05, 0.1) is 12.6 Å². The molecule has 0 bridgehead atoms. The summed E-state index contributed by atoms with van der Waals surface area (Å²) in [4.78, 5) is 4.42. The molecule has 1 aromatic heterocycles. The van der Waals surface area contributed by atoms with Gasteiger partial charge in [-0.15, -0.1) is 0 Å². The number of pyridine rings is 1. The van der Waals surface area contributed by atoms with E-state index in [1.807, 2.05) is 36.4 Å². The highest BCUT2D eigenvalue weighted by molar-refractivity contribution is 7.91. The summed E-state index contributed by atoms with van der Waals surface area (Å²) in [6.45, 7) is 0. The molecule has 0 saturated carbocycles. The number of nitrogens with one attached hydrogen (secondary N) is 1. The first-order valence-corrected chi connectivity index (χ1v) is 9.83. The van der Waals surface area contributed by atoms with E-state index in [4.69, 9.17) is 9.52 Å². The molecule has 0 aliphatic carbocycles. The second-order valence-electron chi connectivity index (χ2n) is 5.90. The summed E-state index contributed by atoms with van der Waals surface area (Å²) in [5, 5.41) is 1.08. The molecule has 124 valence electrons. The fraction of sp³-hybridized carbons (Fsp3) is 0.211. The Bertz CT molecular complexity index is 964. The van der Waals surface area contributed by atoms with Gasteiger partial charge in [-0.05, 0) is 41.3 Å². The van der Waals surface area contributed by atoms with E-state index in [2.05, 4.69) is 17.1 Å². The fourth-order valence-corrected chi connectivity index (χ4v) is 3.30. The van der Waals surface area contributed by atoms with Crippen molar-refractivity contribution in [3.63, 3.8) is 0 Å². The molecule has 0 amide bonds. The minimum atomic E-state index is -2.44. The maximum Gasteiger partial charge on any atom is 0.121 e. The molecular formula is C19H20N2O2S. The minimum absolute atomic E-state index is 0.393. The molecule has 24 heavy (non-hydrogen) atoms. The number of ether oxygens (including phenoxy) is 1. The van der Waals surface area contributed by atoms with Crippen LogP contribution in [0.1, 0.15) is 5.56 Å². The Morgan fingerprint density at radius 1 is 1.12 bits per heavy atom. The lowest BCUT2D eigenvalue weighted by molar-refractivity contribution is 0.415. The molecule has 1 unspecified atom stereocenters. The predicted molar refractivity (Wildman–Crippen MR) is 99.1 cm³/mol. The van der Waals surface area contributed by atoms with Gasteiger partial charge in [0.1, 0.15) is 5.75 Å². The van der Waals surface area contributed by atoms with Gasteiger partial charge < -0.3 is 4.74 Å². The van der Waals surface area contributed by atoms with Gasteiger partial charge in [-0.3, -0.25) is 14.0 Å². The molecule has 0 aliphatic heterocycles. The quantitative estimate of drug-likeness (QED) is 0.759. The molecule has 3 rings (SSSR count). The topological polar surface area (TPSA) is 63.0 Å². The molecule has 4 nitrogen and oxygen atoms in total. The third kappa shape index (κ3) is 3.74. The van der Waals surface area contributed by atoms with Crippen LogP contribution in [-0.2, 0) is 16.1 Å². The number of aromatic nitrogens is 1. The summed E-state index contributed by atoms with van der Waals surface area (Å²) in [5.74, 6) is 1.19. The molecule has 0 saturated heterocycles. The number of fused-ring (bicyclic) bond motifs is 1. The van der Waals surface area contributed by atoms with Gasteiger partial charge in [0.25, 0.3) is 0 Å². The van der Waals surface area contributed by atoms with E-state index >= 15 is 0 Å². The van der Waals surface area contributed by atoms with Crippen molar-refractivity contribution in [2.75, 3.05) is 19.1 Å². The number of methoxy groups -OCH3 is 1. The van der Waals surface area contributed by atoms with Gasteiger partial charge in [0.2, 0.25) is 0 Å². The highest BCUT2D eigenvalue weighted by Gasteiger charge is 2.06. The number of nitrogens with zero attached hydrogens (tertiary/aromatic N) is 1. The second kappa shape index (κ2) is 6.61. The van der Waals surface area contributed by atoms with E-state index < -0.39 is 9.73 Å². The average Bonchev–Trinajstić information content (AvgIpc) is 2.59. The van der Waals surface area contributed by atoms with E-state index in [1.165, 1.54) is 6.26 Å². The molecule has 2 aromatic carbocycles. The van der Waals surface area contributed by atoms with Crippen LogP contribution in [0.25, 0.3) is 22.0 Å². The zero-order chi connectivity index (χ0) is 17.2. The van der Waals surface area contributed by atoms with Crippen LogP contribution in [0.2, 0.25) is 0 Å². The maximum absolute atomic E-state index is 11.5. The molecule has 1 heterocycles. The summed E-state index contributed by atoms with van der Waals surface area (Å²) in [6, 6.07) is 16.1. The fourth-order valence-electron chi connectivity index (χ4n) is 2.67. The van der Waals surface area contributed by atoms with Gasteiger partial charge in [-0.1, -0.05) is 24.3 Å². The minimum Gasteiger partial charge on any atom is -0.497 e. The lowest BCUT2D eigenvalue weighted by Crippen LogP contribution is -2.04. The third-order valence-corrected chi connectivity index (χ3v) is 4.98. The Morgan fingerprint density at radius 2 is 1.88 bits per heavy atom. The van der Waals surface area contributed by atoms with Crippen LogP contribution in [0.5, 0.6) is 5.75 Å². The van der Waals surface area contributed by atoms with E-state index in [9.17, 15) is 4.21 Å². The standard InChI is InChI=1S/C19H20N2O2S/c1-23-16-7-8-18-17(9-11-21-19(18)13-16)15-5-3-14(4-6-15)10-12-24(2,20)22/h3-9,11,13,20H,10,12H2,1-2H3. The summed E-state index contributed by atoms with van der Waals surface area (Å²) in [5.41, 5.74) is 4.23. The van der Waals surface area contributed by atoms with Gasteiger partial charge in [-0.2, -0.15) is 0 Å². The highest BCUT2D eigenvalue weighted by atomic mass is 32.2. The number of hydrogen-bond acceptors (Lipinski definition) is 4. The molecule has 1 atom stereocenters. The Labute approximate surface area is 142 Å².